The van der Waals surface area contributed by atoms with Crippen molar-refractivity contribution in [1.29, 1.82) is 0 Å². The number of nitrogens with one attached hydrogen (secondary N) is 1. The normalized spacial score (nSPS) is 11.6. The molecular formula is C19H22N2O4S. The molecule has 0 saturated carbocycles. The van der Waals surface area contributed by atoms with Gasteiger partial charge in [-0.1, -0.05) is 18.2 Å². The van der Waals surface area contributed by atoms with E-state index in [2.05, 4.69) is 5.32 Å². The average Bonchev–Trinajstić information content (AvgIpc) is 2.61. The maximum atomic E-state index is 12.6. The molecule has 0 aliphatic heterocycles. The molecule has 0 atom stereocenters. The maximum Gasteiger partial charge on any atom is 0.255 e. The number of sulfonamides is 1. The zero-order valence-electron chi connectivity index (χ0n) is 15.2. The van der Waals surface area contributed by atoms with Crippen LogP contribution in [-0.4, -0.2) is 37.5 Å². The molecule has 0 aliphatic carbocycles. The highest BCUT2D eigenvalue weighted by atomic mass is 32.2. The van der Waals surface area contributed by atoms with Gasteiger partial charge in [0.15, 0.2) is 5.78 Å². The number of ketones is 1. The zero-order chi connectivity index (χ0) is 19.5. The lowest BCUT2D eigenvalue weighted by molar-refractivity contribution is 0.101. The summed E-state index contributed by atoms with van der Waals surface area (Å²) < 4.78 is 26.4. The van der Waals surface area contributed by atoms with Crippen LogP contribution < -0.4 is 5.32 Å². The Labute approximate surface area is 153 Å². The summed E-state index contributed by atoms with van der Waals surface area (Å²) in [6.45, 7) is 4.96. The molecule has 0 spiro atoms. The molecule has 0 aliphatic rings. The van der Waals surface area contributed by atoms with Crippen LogP contribution in [0.15, 0.2) is 53.4 Å². The Balaban J connectivity index is 2.34. The van der Waals surface area contributed by atoms with E-state index in [0.29, 0.717) is 11.3 Å². The number of Topliss-reactive ketones (excluding diaryl/α,β-unsaturated/α-hetero) is 1. The van der Waals surface area contributed by atoms with Crippen molar-refractivity contribution in [3.8, 4) is 0 Å². The summed E-state index contributed by atoms with van der Waals surface area (Å²) >= 11 is 0. The van der Waals surface area contributed by atoms with E-state index in [0.717, 1.165) is 0 Å². The molecule has 138 valence electrons. The van der Waals surface area contributed by atoms with Crippen LogP contribution in [0.25, 0.3) is 0 Å². The summed E-state index contributed by atoms with van der Waals surface area (Å²) in [7, 11) is -2.19. The van der Waals surface area contributed by atoms with Crippen molar-refractivity contribution in [1.82, 2.24) is 4.31 Å². The molecule has 2 aromatic rings. The topological polar surface area (TPSA) is 83.5 Å². The van der Waals surface area contributed by atoms with Crippen LogP contribution in [0.5, 0.6) is 0 Å². The summed E-state index contributed by atoms with van der Waals surface area (Å²) in [5, 5.41) is 2.67. The Morgan fingerprint density at radius 1 is 1.04 bits per heavy atom. The second kappa shape index (κ2) is 7.80. The van der Waals surface area contributed by atoms with Gasteiger partial charge in [-0.25, -0.2) is 8.42 Å². The SMILES string of the molecule is CC(=O)c1ccccc1NC(=O)c1cccc(S(=O)(=O)N(C)C(C)C)c1. The summed E-state index contributed by atoms with van der Waals surface area (Å²) in [5.74, 6) is -0.654. The number of carbonyl (C=O) groups is 2. The van der Waals surface area contributed by atoms with E-state index >= 15 is 0 Å². The first kappa shape index (κ1) is 19.8. The van der Waals surface area contributed by atoms with Gasteiger partial charge >= 0.3 is 0 Å². The molecule has 0 heterocycles. The van der Waals surface area contributed by atoms with Crippen LogP contribution in [-0.2, 0) is 10.0 Å². The van der Waals surface area contributed by atoms with Gasteiger partial charge in [0.25, 0.3) is 5.91 Å². The number of amides is 1. The molecule has 0 unspecified atom stereocenters. The van der Waals surface area contributed by atoms with Gasteiger partial charge in [0, 0.05) is 24.2 Å². The highest BCUT2D eigenvalue weighted by molar-refractivity contribution is 7.89. The maximum absolute atomic E-state index is 12.6. The highest BCUT2D eigenvalue weighted by Gasteiger charge is 2.24. The number of hydrogen-bond donors (Lipinski definition) is 1. The minimum atomic E-state index is -3.69. The molecule has 0 bridgehead atoms. The van der Waals surface area contributed by atoms with E-state index in [4.69, 9.17) is 0 Å². The summed E-state index contributed by atoms with van der Waals surface area (Å²) in [4.78, 5) is 24.3. The molecule has 0 aromatic heterocycles. The standard InChI is InChI=1S/C19H22N2O4S/c1-13(2)21(4)26(24,25)16-9-7-8-15(12-16)19(23)20-18-11-6-5-10-17(18)14(3)22/h5-13H,1-4H3,(H,20,23). The third-order valence-corrected chi connectivity index (χ3v) is 6.08. The van der Waals surface area contributed by atoms with Crippen LogP contribution in [0.4, 0.5) is 5.69 Å². The van der Waals surface area contributed by atoms with Gasteiger partial charge in [0.1, 0.15) is 0 Å². The summed E-state index contributed by atoms with van der Waals surface area (Å²) in [6.07, 6.45) is 0. The van der Waals surface area contributed by atoms with E-state index in [1.165, 1.54) is 42.5 Å². The zero-order valence-corrected chi connectivity index (χ0v) is 16.0. The number of anilines is 1. The minimum absolute atomic E-state index is 0.0428. The third kappa shape index (κ3) is 4.17. The number of benzene rings is 2. The van der Waals surface area contributed by atoms with E-state index in [1.54, 1.807) is 38.1 Å². The molecule has 1 amide bonds. The average molecular weight is 374 g/mol. The molecule has 1 N–H and O–H groups in total. The monoisotopic (exact) mass is 374 g/mol. The fourth-order valence-electron chi connectivity index (χ4n) is 2.34. The quantitative estimate of drug-likeness (QED) is 0.787. The lowest BCUT2D eigenvalue weighted by atomic mass is 10.1. The van der Waals surface area contributed by atoms with Gasteiger partial charge in [-0.2, -0.15) is 4.31 Å². The van der Waals surface area contributed by atoms with E-state index in [9.17, 15) is 18.0 Å². The lowest BCUT2D eigenvalue weighted by Crippen LogP contribution is -2.33. The van der Waals surface area contributed by atoms with Crippen molar-refractivity contribution in [3.05, 3.63) is 59.7 Å². The smallest absolute Gasteiger partial charge is 0.255 e. The minimum Gasteiger partial charge on any atom is -0.321 e. The Kier molecular flexibility index (Phi) is 5.94. The Morgan fingerprint density at radius 3 is 2.31 bits per heavy atom. The number of rotatable bonds is 6. The first-order chi connectivity index (χ1) is 12.1. The molecule has 0 radical (unpaired) electrons. The molecule has 2 rings (SSSR count). The highest BCUT2D eigenvalue weighted by Crippen LogP contribution is 2.20. The van der Waals surface area contributed by atoms with E-state index in [1.807, 2.05) is 0 Å². The molecule has 7 heteroatoms. The van der Waals surface area contributed by atoms with Gasteiger partial charge in [0.05, 0.1) is 10.6 Å². The van der Waals surface area contributed by atoms with Gasteiger partial charge in [-0.05, 0) is 51.1 Å². The first-order valence-electron chi connectivity index (χ1n) is 8.14. The van der Waals surface area contributed by atoms with Crippen molar-refractivity contribution in [3.63, 3.8) is 0 Å². The molecular weight excluding hydrogens is 352 g/mol. The third-order valence-electron chi connectivity index (χ3n) is 4.05. The predicted octanol–water partition coefficient (Wildman–Crippen LogP) is 3.17. The number of para-hydroxylation sites is 1. The van der Waals surface area contributed by atoms with Crippen molar-refractivity contribution >= 4 is 27.4 Å². The van der Waals surface area contributed by atoms with Crippen LogP contribution in [0.2, 0.25) is 0 Å². The van der Waals surface area contributed by atoms with Gasteiger partial charge in [0.2, 0.25) is 10.0 Å². The van der Waals surface area contributed by atoms with Crippen molar-refractivity contribution < 1.29 is 18.0 Å². The summed E-state index contributed by atoms with van der Waals surface area (Å²) in [5.41, 5.74) is 0.975. The Morgan fingerprint density at radius 2 is 1.69 bits per heavy atom. The van der Waals surface area contributed by atoms with Crippen molar-refractivity contribution in [2.45, 2.75) is 31.7 Å². The number of carbonyl (C=O) groups excluding carboxylic acids is 2. The first-order valence-corrected chi connectivity index (χ1v) is 9.58. The van der Waals surface area contributed by atoms with Gasteiger partial charge in [-0.3, -0.25) is 9.59 Å². The van der Waals surface area contributed by atoms with Gasteiger partial charge in [-0.15, -0.1) is 0 Å². The molecule has 0 fully saturated rings. The second-order valence-electron chi connectivity index (χ2n) is 6.20. The van der Waals surface area contributed by atoms with Crippen LogP contribution in [0.1, 0.15) is 41.5 Å². The second-order valence-corrected chi connectivity index (χ2v) is 8.20. The predicted molar refractivity (Wildman–Crippen MR) is 101 cm³/mol. The van der Waals surface area contributed by atoms with E-state index in [-0.39, 0.29) is 22.3 Å². The largest absolute Gasteiger partial charge is 0.321 e. The van der Waals surface area contributed by atoms with Crippen molar-refractivity contribution in [2.24, 2.45) is 0 Å². The molecule has 2 aromatic carbocycles. The number of nitrogens with zero attached hydrogens (tertiary/aromatic N) is 1. The Hall–Kier alpha value is -2.51. The summed E-state index contributed by atoms with van der Waals surface area (Å²) in [6, 6.07) is 12.3. The lowest BCUT2D eigenvalue weighted by Gasteiger charge is -2.21. The van der Waals surface area contributed by atoms with Crippen LogP contribution >= 0.6 is 0 Å². The molecule has 0 saturated heterocycles. The molecule has 26 heavy (non-hydrogen) atoms. The Bertz CT molecular complexity index is 936. The van der Waals surface area contributed by atoms with Crippen LogP contribution in [0, 0.1) is 0 Å². The van der Waals surface area contributed by atoms with Crippen molar-refractivity contribution in [2.75, 3.05) is 12.4 Å². The fourth-order valence-corrected chi connectivity index (χ4v) is 3.75. The van der Waals surface area contributed by atoms with E-state index < -0.39 is 15.9 Å². The number of hydrogen-bond acceptors (Lipinski definition) is 4. The van der Waals surface area contributed by atoms with Crippen LogP contribution in [0.3, 0.4) is 0 Å². The van der Waals surface area contributed by atoms with Gasteiger partial charge < -0.3 is 5.32 Å². The molecule has 6 nitrogen and oxygen atoms in total. The fraction of sp³-hybridized carbons (Fsp3) is 0.263.